The van der Waals surface area contributed by atoms with E-state index in [9.17, 15) is 0 Å². The van der Waals surface area contributed by atoms with Gasteiger partial charge in [0.1, 0.15) is 0 Å². The van der Waals surface area contributed by atoms with Gasteiger partial charge in [0, 0.05) is 25.3 Å². The van der Waals surface area contributed by atoms with E-state index >= 15 is 0 Å². The minimum atomic E-state index is 0.639. The molecule has 0 bridgehead atoms. The van der Waals surface area contributed by atoms with E-state index in [-0.39, 0.29) is 0 Å². The van der Waals surface area contributed by atoms with Crippen LogP contribution in [-0.4, -0.2) is 36.1 Å². The maximum atomic E-state index is 5.18. The number of hydrogen-bond acceptors (Lipinski definition) is 3. The first kappa shape index (κ1) is 13.7. The number of aryl methyl sites for hydroxylation is 1. The van der Waals surface area contributed by atoms with Gasteiger partial charge < -0.3 is 5.32 Å². The lowest BCUT2D eigenvalue weighted by Gasteiger charge is -2.20. The van der Waals surface area contributed by atoms with Gasteiger partial charge in [-0.3, -0.25) is 9.88 Å². The van der Waals surface area contributed by atoms with Crippen LogP contribution in [0.15, 0.2) is 18.2 Å². The van der Waals surface area contributed by atoms with Crippen molar-refractivity contribution in [3.05, 3.63) is 29.6 Å². The molecule has 0 fully saturated rings. The van der Waals surface area contributed by atoms with Gasteiger partial charge in [0.05, 0.1) is 12.2 Å². The molecular weight excluding hydrogens is 210 g/mol. The Labute approximate surface area is 104 Å². The predicted octanol–water partition coefficient (Wildman–Crippen LogP) is 1.43. The number of rotatable bonds is 7. The second-order valence-electron chi connectivity index (χ2n) is 4.02. The van der Waals surface area contributed by atoms with Crippen LogP contribution in [0.2, 0.25) is 0 Å². The Morgan fingerprint density at radius 2 is 2.29 bits per heavy atom. The van der Waals surface area contributed by atoms with E-state index in [0.717, 1.165) is 37.6 Å². The molecule has 0 saturated heterocycles. The third kappa shape index (κ3) is 5.48. The lowest BCUT2D eigenvalue weighted by atomic mass is 10.3. The summed E-state index contributed by atoms with van der Waals surface area (Å²) in [5.41, 5.74) is 2.20. The number of likely N-dealkylation sites (N-methyl/N-ethyl adjacent to an activating group) is 1. The van der Waals surface area contributed by atoms with Gasteiger partial charge in [0.15, 0.2) is 0 Å². The highest BCUT2D eigenvalue weighted by Crippen LogP contribution is 2.02. The zero-order valence-electron chi connectivity index (χ0n) is 10.7. The molecule has 0 spiro atoms. The molecule has 0 amide bonds. The molecule has 17 heavy (non-hydrogen) atoms. The smallest absolute Gasteiger partial charge is 0.0574 e. The van der Waals surface area contributed by atoms with Gasteiger partial charge in [-0.05, 0) is 25.6 Å². The average molecular weight is 231 g/mol. The molecule has 0 unspecified atom stereocenters. The summed E-state index contributed by atoms with van der Waals surface area (Å²) in [6.07, 6.45) is 5.18. The molecule has 1 rings (SSSR count). The molecule has 3 nitrogen and oxygen atoms in total. The Morgan fingerprint density at radius 1 is 1.47 bits per heavy atom. The summed E-state index contributed by atoms with van der Waals surface area (Å²) in [6.45, 7) is 8.66. The molecule has 0 aliphatic rings. The van der Waals surface area contributed by atoms with Gasteiger partial charge in [-0.15, -0.1) is 6.42 Å². The van der Waals surface area contributed by atoms with Crippen LogP contribution in [0.3, 0.4) is 0 Å². The minimum Gasteiger partial charge on any atom is -0.305 e. The molecule has 1 heterocycles. The molecule has 3 heteroatoms. The van der Waals surface area contributed by atoms with Crippen LogP contribution in [0, 0.1) is 19.3 Å². The Hall–Kier alpha value is -1.37. The highest BCUT2D eigenvalue weighted by Gasteiger charge is 2.04. The summed E-state index contributed by atoms with van der Waals surface area (Å²) >= 11 is 0. The lowest BCUT2D eigenvalue weighted by Crippen LogP contribution is -2.32. The highest BCUT2D eigenvalue weighted by molar-refractivity contribution is 5.09. The fourth-order valence-corrected chi connectivity index (χ4v) is 1.66. The fourth-order valence-electron chi connectivity index (χ4n) is 1.66. The van der Waals surface area contributed by atoms with Gasteiger partial charge in [-0.1, -0.05) is 18.9 Å². The number of nitrogens with zero attached hydrogens (tertiary/aromatic N) is 2. The van der Waals surface area contributed by atoms with Crippen molar-refractivity contribution in [3.63, 3.8) is 0 Å². The normalized spacial score (nSPS) is 10.5. The van der Waals surface area contributed by atoms with Crippen molar-refractivity contribution in [2.75, 3.05) is 26.2 Å². The quantitative estimate of drug-likeness (QED) is 0.568. The molecule has 0 atom stereocenters. The largest absolute Gasteiger partial charge is 0.305 e. The van der Waals surface area contributed by atoms with E-state index in [0.29, 0.717) is 6.54 Å². The predicted molar refractivity (Wildman–Crippen MR) is 71.6 cm³/mol. The molecular formula is C14H21N3. The Bertz CT molecular complexity index is 368. The number of terminal acetylenes is 1. The zero-order valence-corrected chi connectivity index (χ0v) is 10.7. The standard InChI is InChI=1S/C14H21N3/c1-4-9-15-10-11-17(5-2)12-14-8-6-7-13(3)16-14/h1,6-8,15H,5,9-12H2,2-3H3. The zero-order chi connectivity index (χ0) is 12.5. The van der Waals surface area contributed by atoms with Crippen molar-refractivity contribution in [3.8, 4) is 12.3 Å². The molecule has 1 N–H and O–H groups in total. The second kappa shape index (κ2) is 7.83. The van der Waals surface area contributed by atoms with Crippen LogP contribution in [0.5, 0.6) is 0 Å². The van der Waals surface area contributed by atoms with Crippen LogP contribution in [0.4, 0.5) is 0 Å². The molecule has 1 aromatic rings. The Balaban J connectivity index is 2.39. The molecule has 0 aliphatic carbocycles. The summed E-state index contributed by atoms with van der Waals surface area (Å²) in [4.78, 5) is 6.86. The van der Waals surface area contributed by atoms with E-state index in [1.165, 1.54) is 0 Å². The maximum absolute atomic E-state index is 5.18. The Morgan fingerprint density at radius 3 is 2.94 bits per heavy atom. The molecule has 0 aliphatic heterocycles. The maximum Gasteiger partial charge on any atom is 0.0574 e. The van der Waals surface area contributed by atoms with E-state index < -0.39 is 0 Å². The highest BCUT2D eigenvalue weighted by atomic mass is 15.1. The molecule has 0 radical (unpaired) electrons. The van der Waals surface area contributed by atoms with Gasteiger partial charge >= 0.3 is 0 Å². The van der Waals surface area contributed by atoms with Crippen LogP contribution >= 0.6 is 0 Å². The van der Waals surface area contributed by atoms with E-state index in [2.05, 4.69) is 40.2 Å². The summed E-state index contributed by atoms with van der Waals surface area (Å²) in [7, 11) is 0. The van der Waals surface area contributed by atoms with Crippen molar-refractivity contribution < 1.29 is 0 Å². The van der Waals surface area contributed by atoms with Gasteiger partial charge in [0.25, 0.3) is 0 Å². The fraction of sp³-hybridized carbons (Fsp3) is 0.500. The van der Waals surface area contributed by atoms with E-state index in [4.69, 9.17) is 6.42 Å². The first-order valence-electron chi connectivity index (χ1n) is 6.05. The third-order valence-corrected chi connectivity index (χ3v) is 2.61. The van der Waals surface area contributed by atoms with Crippen LogP contribution in [-0.2, 0) is 6.54 Å². The molecule has 0 saturated carbocycles. The SMILES string of the molecule is C#CCNCCN(CC)Cc1cccc(C)n1. The monoisotopic (exact) mass is 231 g/mol. The average Bonchev–Trinajstić information content (AvgIpc) is 2.33. The van der Waals surface area contributed by atoms with Crippen molar-refractivity contribution in [2.45, 2.75) is 20.4 Å². The molecule has 1 aromatic heterocycles. The van der Waals surface area contributed by atoms with E-state index in [1.54, 1.807) is 0 Å². The summed E-state index contributed by atoms with van der Waals surface area (Å²) in [6, 6.07) is 6.15. The van der Waals surface area contributed by atoms with Gasteiger partial charge in [0.2, 0.25) is 0 Å². The lowest BCUT2D eigenvalue weighted by molar-refractivity contribution is 0.277. The first-order valence-corrected chi connectivity index (χ1v) is 6.05. The number of pyridine rings is 1. The summed E-state index contributed by atoms with van der Waals surface area (Å²) < 4.78 is 0. The van der Waals surface area contributed by atoms with Crippen molar-refractivity contribution in [1.29, 1.82) is 0 Å². The van der Waals surface area contributed by atoms with Crippen molar-refractivity contribution in [1.82, 2.24) is 15.2 Å². The minimum absolute atomic E-state index is 0.639. The topological polar surface area (TPSA) is 28.2 Å². The van der Waals surface area contributed by atoms with Crippen LogP contribution in [0.25, 0.3) is 0 Å². The van der Waals surface area contributed by atoms with Crippen LogP contribution in [0.1, 0.15) is 18.3 Å². The molecule has 0 aromatic carbocycles. The summed E-state index contributed by atoms with van der Waals surface area (Å²) in [5, 5.41) is 3.20. The number of hydrogen-bond donors (Lipinski definition) is 1. The first-order chi connectivity index (χ1) is 8.26. The number of aromatic nitrogens is 1. The van der Waals surface area contributed by atoms with Crippen LogP contribution < -0.4 is 5.32 Å². The molecule has 92 valence electrons. The van der Waals surface area contributed by atoms with E-state index in [1.807, 2.05) is 13.0 Å². The van der Waals surface area contributed by atoms with Gasteiger partial charge in [-0.2, -0.15) is 0 Å². The second-order valence-corrected chi connectivity index (χ2v) is 4.02. The van der Waals surface area contributed by atoms with Crippen molar-refractivity contribution in [2.24, 2.45) is 0 Å². The van der Waals surface area contributed by atoms with Gasteiger partial charge in [-0.25, -0.2) is 0 Å². The summed E-state index contributed by atoms with van der Waals surface area (Å²) in [5.74, 6) is 2.57. The third-order valence-electron chi connectivity index (χ3n) is 2.61. The Kier molecular flexibility index (Phi) is 6.31. The number of nitrogens with one attached hydrogen (secondary N) is 1. The van der Waals surface area contributed by atoms with Crippen molar-refractivity contribution >= 4 is 0 Å².